The van der Waals surface area contributed by atoms with Crippen LogP contribution in [0.1, 0.15) is 138 Å². The first kappa shape index (κ1) is 32.4. The summed E-state index contributed by atoms with van der Waals surface area (Å²) >= 11 is 0. The number of alkyl carbamates (subject to hydrolysis) is 1. The van der Waals surface area contributed by atoms with Crippen molar-refractivity contribution >= 4 is 6.09 Å². The lowest BCUT2D eigenvalue weighted by molar-refractivity contribution is 0.00438. The zero-order valence-corrected chi connectivity index (χ0v) is 20.8. The summed E-state index contributed by atoms with van der Waals surface area (Å²) in [5, 5.41) is 2.84. The first-order valence-electron chi connectivity index (χ1n) is 13.1. The van der Waals surface area contributed by atoms with Crippen molar-refractivity contribution in [3.8, 4) is 0 Å². The first-order valence-corrected chi connectivity index (χ1v) is 13.1. The lowest BCUT2D eigenvalue weighted by Gasteiger charge is -2.15. The Balaban J connectivity index is 0. The minimum Gasteiger partial charge on any atom is -0.447 e. The fraction of sp³-hybridized carbons (Fsp3) is 0.963. The van der Waals surface area contributed by atoms with Gasteiger partial charge in [0.15, 0.2) is 0 Å². The van der Waals surface area contributed by atoms with E-state index >= 15 is 0 Å². The van der Waals surface area contributed by atoms with Crippen molar-refractivity contribution in [3.63, 3.8) is 0 Å². The molecule has 188 valence electrons. The molecular weight excluding hydrogens is 386 g/mol. The molecule has 0 aliphatic rings. The number of unbranched alkanes of at least 4 members (excludes halogenated alkanes) is 15. The van der Waals surface area contributed by atoms with Gasteiger partial charge in [-0.25, -0.2) is 4.79 Å². The molecule has 4 heteroatoms. The van der Waals surface area contributed by atoms with Gasteiger partial charge >= 0.3 is 6.09 Å². The highest BCUT2D eigenvalue weighted by Gasteiger charge is 2.07. The van der Waals surface area contributed by atoms with Crippen LogP contribution in [-0.2, 0) is 9.47 Å². The molecule has 1 N–H and O–H groups in total. The van der Waals surface area contributed by atoms with Gasteiger partial charge in [0, 0.05) is 13.2 Å². The predicted octanol–water partition coefficient (Wildman–Crippen LogP) is 8.67. The summed E-state index contributed by atoms with van der Waals surface area (Å²) in [5.41, 5.74) is 0. The van der Waals surface area contributed by atoms with Gasteiger partial charge in [-0.05, 0) is 19.3 Å². The smallest absolute Gasteiger partial charge is 0.407 e. The molecule has 0 aliphatic heterocycles. The summed E-state index contributed by atoms with van der Waals surface area (Å²) in [5.74, 6) is 0.496. The minimum absolute atomic E-state index is 0. The summed E-state index contributed by atoms with van der Waals surface area (Å²) in [6, 6.07) is 0. The van der Waals surface area contributed by atoms with Crippen LogP contribution >= 0.6 is 0 Å². The summed E-state index contributed by atoms with van der Waals surface area (Å²) < 4.78 is 10.8. The number of carbonyl (C=O) groups is 1. The monoisotopic (exact) mass is 443 g/mol. The van der Waals surface area contributed by atoms with E-state index in [1.807, 2.05) is 6.92 Å². The van der Waals surface area contributed by atoms with Crippen LogP contribution in [0, 0.1) is 5.92 Å². The minimum atomic E-state index is -0.323. The van der Waals surface area contributed by atoms with Crippen molar-refractivity contribution in [2.24, 2.45) is 5.92 Å². The molecule has 0 aromatic heterocycles. The molecule has 0 aliphatic carbocycles. The van der Waals surface area contributed by atoms with Crippen molar-refractivity contribution in [2.45, 2.75) is 144 Å². The molecule has 0 aromatic carbocycles. The maximum Gasteiger partial charge on any atom is 0.407 e. The second-order valence-corrected chi connectivity index (χ2v) is 9.37. The highest BCUT2D eigenvalue weighted by molar-refractivity contribution is 5.67. The second-order valence-electron chi connectivity index (χ2n) is 9.37. The van der Waals surface area contributed by atoms with Gasteiger partial charge in [-0.2, -0.15) is 0 Å². The maximum atomic E-state index is 11.7. The highest BCUT2D eigenvalue weighted by atomic mass is 16.6. The Labute approximate surface area is 195 Å². The Hall–Kier alpha value is -0.770. The van der Waals surface area contributed by atoms with E-state index in [0.717, 1.165) is 6.42 Å². The van der Waals surface area contributed by atoms with E-state index in [1.165, 1.54) is 96.3 Å². The van der Waals surface area contributed by atoms with Crippen molar-refractivity contribution in [1.29, 1.82) is 0 Å². The third-order valence-electron chi connectivity index (χ3n) is 5.46. The topological polar surface area (TPSA) is 47.6 Å². The van der Waals surface area contributed by atoms with Crippen LogP contribution < -0.4 is 5.32 Å². The normalized spacial score (nSPS) is 11.9. The Morgan fingerprint density at radius 1 is 0.677 bits per heavy atom. The SMILES string of the molecule is C.CCCCCCCCCCCCCCCCCCNC(=O)OCC(C)OCC(C)C. The molecule has 1 atom stereocenters. The molecule has 0 saturated heterocycles. The van der Waals surface area contributed by atoms with E-state index in [9.17, 15) is 4.79 Å². The third kappa shape index (κ3) is 27.2. The van der Waals surface area contributed by atoms with E-state index in [4.69, 9.17) is 9.47 Å². The Kier molecular flexibility index (Phi) is 26.6. The molecule has 0 radical (unpaired) electrons. The van der Waals surface area contributed by atoms with Crippen LogP contribution in [0.15, 0.2) is 0 Å². The van der Waals surface area contributed by atoms with Gasteiger partial charge in [0.25, 0.3) is 0 Å². The number of hydrogen-bond donors (Lipinski definition) is 1. The van der Waals surface area contributed by atoms with Gasteiger partial charge < -0.3 is 14.8 Å². The van der Waals surface area contributed by atoms with E-state index in [2.05, 4.69) is 26.1 Å². The number of nitrogens with one attached hydrogen (secondary N) is 1. The highest BCUT2D eigenvalue weighted by Crippen LogP contribution is 2.13. The Bertz CT molecular complexity index is 360. The first-order chi connectivity index (χ1) is 14.6. The molecule has 0 heterocycles. The van der Waals surface area contributed by atoms with E-state index in [-0.39, 0.29) is 19.6 Å². The van der Waals surface area contributed by atoms with Gasteiger partial charge in [-0.3, -0.25) is 0 Å². The number of hydrogen-bond acceptors (Lipinski definition) is 3. The third-order valence-corrected chi connectivity index (χ3v) is 5.46. The summed E-state index contributed by atoms with van der Waals surface area (Å²) in [6.45, 7) is 10.2. The predicted molar refractivity (Wildman–Crippen MR) is 136 cm³/mol. The van der Waals surface area contributed by atoms with Gasteiger partial charge in [0.2, 0.25) is 0 Å². The number of amides is 1. The van der Waals surface area contributed by atoms with E-state index < -0.39 is 0 Å². The second kappa shape index (κ2) is 25.5. The number of carbonyl (C=O) groups excluding carboxylic acids is 1. The maximum absolute atomic E-state index is 11.7. The van der Waals surface area contributed by atoms with Crippen LogP contribution in [0.3, 0.4) is 0 Å². The van der Waals surface area contributed by atoms with Gasteiger partial charge in [0.1, 0.15) is 6.61 Å². The van der Waals surface area contributed by atoms with Crippen LogP contribution in [0.25, 0.3) is 0 Å². The van der Waals surface area contributed by atoms with Gasteiger partial charge in [-0.1, -0.05) is 125 Å². The molecular formula is C27H57NO3. The average molecular weight is 444 g/mol. The fourth-order valence-corrected chi connectivity index (χ4v) is 3.51. The summed E-state index contributed by atoms with van der Waals surface area (Å²) in [4.78, 5) is 11.7. The lowest BCUT2D eigenvalue weighted by Crippen LogP contribution is -2.29. The number of rotatable bonds is 22. The summed E-state index contributed by atoms with van der Waals surface area (Å²) in [7, 11) is 0. The van der Waals surface area contributed by atoms with Crippen LogP contribution in [0.2, 0.25) is 0 Å². The Morgan fingerprint density at radius 3 is 1.52 bits per heavy atom. The molecule has 1 unspecified atom stereocenters. The Morgan fingerprint density at radius 2 is 1.10 bits per heavy atom. The van der Waals surface area contributed by atoms with Crippen molar-refractivity contribution in [1.82, 2.24) is 5.32 Å². The fourth-order valence-electron chi connectivity index (χ4n) is 3.51. The zero-order valence-electron chi connectivity index (χ0n) is 20.8. The van der Waals surface area contributed by atoms with Crippen molar-refractivity contribution in [2.75, 3.05) is 19.8 Å². The van der Waals surface area contributed by atoms with E-state index in [1.54, 1.807) is 0 Å². The van der Waals surface area contributed by atoms with Crippen LogP contribution in [0.4, 0.5) is 4.79 Å². The standard InChI is InChI=1S/C26H53NO3.CH4/c1-5-6-7-8-9-10-11-12-13-14-15-16-17-18-19-20-21-27-26(28)30-23-25(4)29-22-24(2)3;/h24-25H,5-23H2,1-4H3,(H,27,28);1H4. The molecule has 0 rings (SSSR count). The largest absolute Gasteiger partial charge is 0.447 e. The average Bonchev–Trinajstić information content (AvgIpc) is 2.72. The lowest BCUT2D eigenvalue weighted by atomic mass is 10.0. The summed E-state index contributed by atoms with van der Waals surface area (Å²) in [6.07, 6.45) is 21.4. The molecule has 31 heavy (non-hydrogen) atoms. The molecule has 0 spiro atoms. The van der Waals surface area contributed by atoms with Gasteiger partial charge in [0.05, 0.1) is 6.10 Å². The molecule has 1 amide bonds. The quantitative estimate of drug-likeness (QED) is 0.170. The number of ether oxygens (including phenoxy) is 2. The van der Waals surface area contributed by atoms with Crippen LogP contribution in [0.5, 0.6) is 0 Å². The molecule has 0 fully saturated rings. The molecule has 0 bridgehead atoms. The van der Waals surface area contributed by atoms with Crippen LogP contribution in [-0.4, -0.2) is 32.0 Å². The van der Waals surface area contributed by atoms with Crippen molar-refractivity contribution in [3.05, 3.63) is 0 Å². The molecule has 0 aromatic rings. The van der Waals surface area contributed by atoms with Gasteiger partial charge in [-0.15, -0.1) is 0 Å². The van der Waals surface area contributed by atoms with E-state index in [0.29, 0.717) is 25.7 Å². The molecule has 0 saturated carbocycles. The van der Waals surface area contributed by atoms with Crippen molar-refractivity contribution < 1.29 is 14.3 Å². The zero-order chi connectivity index (χ0) is 22.3. The molecule has 4 nitrogen and oxygen atoms in total.